The highest BCUT2D eigenvalue weighted by Gasteiger charge is 2.18. The van der Waals surface area contributed by atoms with Crippen LogP contribution in [0, 0.1) is 6.92 Å². The molecule has 1 aromatic carbocycles. The first-order valence-electron chi connectivity index (χ1n) is 7.15. The highest BCUT2D eigenvalue weighted by atomic mass is 16.3. The first-order chi connectivity index (χ1) is 9.65. The van der Waals surface area contributed by atoms with Crippen LogP contribution in [0.5, 0.6) is 0 Å². The zero-order valence-corrected chi connectivity index (χ0v) is 12.2. The zero-order valence-electron chi connectivity index (χ0n) is 12.2. The SMILES string of the molecule is CCCCN(CCN)C(=O)c1cc2cc(C)ccc2o1. The molecule has 1 heterocycles. The number of benzene rings is 1. The topological polar surface area (TPSA) is 59.5 Å². The lowest BCUT2D eigenvalue weighted by molar-refractivity contribution is 0.0728. The van der Waals surface area contributed by atoms with Crippen molar-refractivity contribution in [3.63, 3.8) is 0 Å². The monoisotopic (exact) mass is 274 g/mol. The molecule has 0 aliphatic rings. The molecule has 0 spiro atoms. The van der Waals surface area contributed by atoms with Crippen molar-refractivity contribution in [3.05, 3.63) is 35.6 Å². The molecule has 0 saturated carbocycles. The molecule has 0 radical (unpaired) electrons. The minimum absolute atomic E-state index is 0.0715. The summed E-state index contributed by atoms with van der Waals surface area (Å²) in [5.41, 5.74) is 7.49. The number of carbonyl (C=O) groups is 1. The quantitative estimate of drug-likeness (QED) is 0.881. The highest BCUT2D eigenvalue weighted by molar-refractivity contribution is 5.96. The fourth-order valence-electron chi connectivity index (χ4n) is 2.24. The molecule has 0 atom stereocenters. The zero-order chi connectivity index (χ0) is 14.5. The molecule has 4 heteroatoms. The van der Waals surface area contributed by atoms with Crippen LogP contribution in [0.1, 0.15) is 35.9 Å². The van der Waals surface area contributed by atoms with E-state index in [1.54, 1.807) is 4.90 Å². The summed E-state index contributed by atoms with van der Waals surface area (Å²) >= 11 is 0. The predicted molar refractivity (Wildman–Crippen MR) is 80.8 cm³/mol. The maximum atomic E-state index is 12.5. The van der Waals surface area contributed by atoms with Gasteiger partial charge in [0.05, 0.1) is 0 Å². The summed E-state index contributed by atoms with van der Waals surface area (Å²) in [6.07, 6.45) is 2.03. The number of nitrogens with two attached hydrogens (primary N) is 1. The van der Waals surface area contributed by atoms with Crippen LogP contribution in [-0.2, 0) is 0 Å². The van der Waals surface area contributed by atoms with Crippen molar-refractivity contribution in [1.29, 1.82) is 0 Å². The third-order valence-electron chi connectivity index (χ3n) is 3.35. The van der Waals surface area contributed by atoms with Crippen molar-refractivity contribution in [2.75, 3.05) is 19.6 Å². The standard InChI is InChI=1S/C16H22N2O2/c1-3-4-8-18(9-7-17)16(19)15-11-13-10-12(2)5-6-14(13)20-15/h5-6,10-11H,3-4,7-9,17H2,1-2H3. The fraction of sp³-hybridized carbons (Fsp3) is 0.438. The normalized spacial score (nSPS) is 10.9. The lowest BCUT2D eigenvalue weighted by atomic mass is 10.2. The first-order valence-corrected chi connectivity index (χ1v) is 7.15. The van der Waals surface area contributed by atoms with Gasteiger partial charge in [0, 0.05) is 25.0 Å². The summed E-state index contributed by atoms with van der Waals surface area (Å²) < 4.78 is 5.66. The van der Waals surface area contributed by atoms with Gasteiger partial charge in [-0.15, -0.1) is 0 Å². The van der Waals surface area contributed by atoms with Crippen LogP contribution in [0.4, 0.5) is 0 Å². The summed E-state index contributed by atoms with van der Waals surface area (Å²) in [5, 5.41) is 0.969. The number of hydrogen-bond donors (Lipinski definition) is 1. The van der Waals surface area contributed by atoms with Gasteiger partial charge in [0.1, 0.15) is 5.58 Å². The summed E-state index contributed by atoms with van der Waals surface area (Å²) in [5.74, 6) is 0.327. The number of fused-ring (bicyclic) bond motifs is 1. The van der Waals surface area contributed by atoms with E-state index in [9.17, 15) is 4.79 Å². The van der Waals surface area contributed by atoms with E-state index in [1.807, 2.05) is 31.2 Å². The molecule has 1 aromatic heterocycles. The second-order valence-electron chi connectivity index (χ2n) is 5.09. The molecule has 20 heavy (non-hydrogen) atoms. The molecule has 0 bridgehead atoms. The smallest absolute Gasteiger partial charge is 0.289 e. The van der Waals surface area contributed by atoms with Gasteiger partial charge in [-0.05, 0) is 31.5 Å². The molecule has 0 saturated heterocycles. The van der Waals surface area contributed by atoms with Gasteiger partial charge in [-0.25, -0.2) is 0 Å². The van der Waals surface area contributed by atoms with Gasteiger partial charge < -0.3 is 15.1 Å². The van der Waals surface area contributed by atoms with Gasteiger partial charge >= 0.3 is 0 Å². The number of hydrogen-bond acceptors (Lipinski definition) is 3. The van der Waals surface area contributed by atoms with E-state index >= 15 is 0 Å². The van der Waals surface area contributed by atoms with E-state index in [4.69, 9.17) is 10.2 Å². The van der Waals surface area contributed by atoms with E-state index in [1.165, 1.54) is 0 Å². The molecule has 0 aliphatic heterocycles. The molecule has 0 unspecified atom stereocenters. The van der Waals surface area contributed by atoms with Crippen molar-refractivity contribution in [2.24, 2.45) is 5.73 Å². The second kappa shape index (κ2) is 6.57. The second-order valence-corrected chi connectivity index (χ2v) is 5.09. The molecule has 4 nitrogen and oxygen atoms in total. The van der Waals surface area contributed by atoms with Crippen LogP contribution in [0.3, 0.4) is 0 Å². The summed E-state index contributed by atoms with van der Waals surface area (Å²) in [4.78, 5) is 14.2. The number of unbranched alkanes of at least 4 members (excludes halogenated alkanes) is 1. The van der Waals surface area contributed by atoms with E-state index in [0.717, 1.165) is 35.9 Å². The lowest BCUT2D eigenvalue weighted by Gasteiger charge is -2.20. The Labute approximate surface area is 119 Å². The van der Waals surface area contributed by atoms with Crippen LogP contribution < -0.4 is 5.73 Å². The Morgan fingerprint density at radius 3 is 2.80 bits per heavy atom. The fourth-order valence-corrected chi connectivity index (χ4v) is 2.24. The van der Waals surface area contributed by atoms with Gasteiger partial charge in [-0.2, -0.15) is 0 Å². The Morgan fingerprint density at radius 1 is 1.30 bits per heavy atom. The Morgan fingerprint density at radius 2 is 2.10 bits per heavy atom. The molecule has 0 aliphatic carbocycles. The Hall–Kier alpha value is -1.81. The van der Waals surface area contributed by atoms with Crippen molar-refractivity contribution >= 4 is 16.9 Å². The molecule has 1 amide bonds. The average Bonchev–Trinajstić information content (AvgIpc) is 2.85. The lowest BCUT2D eigenvalue weighted by Crippen LogP contribution is -2.35. The Balaban J connectivity index is 2.23. The maximum Gasteiger partial charge on any atom is 0.289 e. The van der Waals surface area contributed by atoms with Crippen LogP contribution in [0.2, 0.25) is 0 Å². The number of rotatable bonds is 6. The molecular weight excluding hydrogens is 252 g/mol. The number of amides is 1. The number of carbonyl (C=O) groups excluding carboxylic acids is 1. The Bertz CT molecular complexity index is 589. The van der Waals surface area contributed by atoms with Gasteiger partial charge in [0.15, 0.2) is 5.76 Å². The average molecular weight is 274 g/mol. The number of aryl methyl sites for hydroxylation is 1. The van der Waals surface area contributed by atoms with E-state index in [0.29, 0.717) is 18.8 Å². The molecule has 0 fully saturated rings. The van der Waals surface area contributed by atoms with Crippen molar-refractivity contribution in [1.82, 2.24) is 4.90 Å². The van der Waals surface area contributed by atoms with Crippen LogP contribution in [-0.4, -0.2) is 30.4 Å². The Kier molecular flexibility index (Phi) is 4.79. The predicted octanol–water partition coefficient (Wildman–Crippen LogP) is 2.94. The van der Waals surface area contributed by atoms with Crippen molar-refractivity contribution < 1.29 is 9.21 Å². The first kappa shape index (κ1) is 14.6. The highest BCUT2D eigenvalue weighted by Crippen LogP contribution is 2.21. The number of furan rings is 1. The third kappa shape index (κ3) is 3.20. The van der Waals surface area contributed by atoms with Gasteiger partial charge in [-0.1, -0.05) is 25.0 Å². The van der Waals surface area contributed by atoms with Gasteiger partial charge in [-0.3, -0.25) is 4.79 Å². The van der Waals surface area contributed by atoms with Crippen LogP contribution >= 0.6 is 0 Å². The number of nitrogens with zero attached hydrogens (tertiary/aromatic N) is 1. The summed E-state index contributed by atoms with van der Waals surface area (Å²) in [6.45, 7) is 5.89. The van der Waals surface area contributed by atoms with Crippen molar-refractivity contribution in [3.8, 4) is 0 Å². The van der Waals surface area contributed by atoms with E-state index in [2.05, 4.69) is 6.92 Å². The largest absolute Gasteiger partial charge is 0.451 e. The molecule has 2 N–H and O–H groups in total. The molecule has 2 aromatic rings. The van der Waals surface area contributed by atoms with E-state index in [-0.39, 0.29) is 5.91 Å². The van der Waals surface area contributed by atoms with Gasteiger partial charge in [0.2, 0.25) is 0 Å². The molecular formula is C16H22N2O2. The van der Waals surface area contributed by atoms with Gasteiger partial charge in [0.25, 0.3) is 5.91 Å². The summed E-state index contributed by atoms with van der Waals surface area (Å²) in [7, 11) is 0. The van der Waals surface area contributed by atoms with Crippen LogP contribution in [0.25, 0.3) is 11.0 Å². The molecule has 108 valence electrons. The maximum absolute atomic E-state index is 12.5. The third-order valence-corrected chi connectivity index (χ3v) is 3.35. The van der Waals surface area contributed by atoms with Crippen LogP contribution in [0.15, 0.2) is 28.7 Å². The minimum atomic E-state index is -0.0715. The van der Waals surface area contributed by atoms with E-state index < -0.39 is 0 Å². The minimum Gasteiger partial charge on any atom is -0.451 e. The molecule has 2 rings (SSSR count). The van der Waals surface area contributed by atoms with Crippen molar-refractivity contribution in [2.45, 2.75) is 26.7 Å². The summed E-state index contributed by atoms with van der Waals surface area (Å²) in [6, 6.07) is 7.73.